The van der Waals surface area contributed by atoms with E-state index < -0.39 is 29.0 Å². The molecule has 1 aliphatic heterocycles. The number of anilines is 1. The lowest BCUT2D eigenvalue weighted by Gasteiger charge is -2.24. The van der Waals surface area contributed by atoms with Crippen LogP contribution in [0.15, 0.2) is 52.4 Å². The molecule has 148 valence electrons. The van der Waals surface area contributed by atoms with Gasteiger partial charge in [-0.3, -0.25) is 9.59 Å². The fraction of sp³-hybridized carbons (Fsp3) is 0.150. The highest BCUT2D eigenvalue weighted by atomic mass is 35.5. The molecule has 2 aromatic carbocycles. The van der Waals surface area contributed by atoms with Crippen molar-refractivity contribution in [1.29, 1.82) is 0 Å². The number of halogens is 3. The van der Waals surface area contributed by atoms with Crippen molar-refractivity contribution in [3.8, 4) is 0 Å². The third kappa shape index (κ3) is 4.04. The first-order valence-corrected chi connectivity index (χ1v) is 10.0. The minimum Gasteiger partial charge on any atom is -0.310 e. The van der Waals surface area contributed by atoms with Crippen molar-refractivity contribution < 1.29 is 13.6 Å². The van der Waals surface area contributed by atoms with E-state index in [1.165, 1.54) is 11.8 Å². The molecule has 3 aromatic rings. The number of aromatic nitrogens is 2. The van der Waals surface area contributed by atoms with E-state index in [1.54, 1.807) is 6.07 Å². The molecule has 4 rings (SSSR count). The second-order valence-electron chi connectivity index (χ2n) is 6.48. The van der Waals surface area contributed by atoms with Crippen molar-refractivity contribution in [2.75, 3.05) is 5.32 Å². The summed E-state index contributed by atoms with van der Waals surface area (Å²) in [6.45, 7) is 0. The number of hydrogen-bond acceptors (Lipinski definition) is 4. The highest BCUT2D eigenvalue weighted by Gasteiger charge is 2.32. The van der Waals surface area contributed by atoms with E-state index in [2.05, 4.69) is 15.3 Å². The maximum absolute atomic E-state index is 14.3. The Bertz CT molecular complexity index is 1170. The number of thioether (sulfide) groups is 1. The summed E-state index contributed by atoms with van der Waals surface area (Å²) in [6.07, 6.45) is -0.176. The van der Waals surface area contributed by atoms with Gasteiger partial charge < -0.3 is 10.3 Å². The van der Waals surface area contributed by atoms with Crippen molar-refractivity contribution in [3.63, 3.8) is 0 Å². The smallest absolute Gasteiger partial charge is 0.257 e. The van der Waals surface area contributed by atoms with Crippen LogP contribution in [0.3, 0.4) is 0 Å². The molecule has 29 heavy (non-hydrogen) atoms. The number of rotatable bonds is 4. The molecule has 1 aromatic heterocycles. The molecule has 0 spiro atoms. The highest BCUT2D eigenvalue weighted by Crippen LogP contribution is 2.36. The summed E-state index contributed by atoms with van der Waals surface area (Å²) in [4.78, 5) is 31.9. The molecule has 2 heterocycles. The summed E-state index contributed by atoms with van der Waals surface area (Å²) < 4.78 is 27.9. The Labute approximate surface area is 173 Å². The average Bonchev–Trinajstić information content (AvgIpc) is 2.68. The van der Waals surface area contributed by atoms with Gasteiger partial charge in [0.1, 0.15) is 17.5 Å². The van der Waals surface area contributed by atoms with Crippen LogP contribution in [-0.2, 0) is 10.5 Å². The first-order chi connectivity index (χ1) is 13.9. The van der Waals surface area contributed by atoms with Gasteiger partial charge in [-0.25, -0.2) is 13.8 Å². The van der Waals surface area contributed by atoms with Gasteiger partial charge in [-0.1, -0.05) is 41.6 Å². The van der Waals surface area contributed by atoms with Crippen LogP contribution in [0.2, 0.25) is 5.02 Å². The third-order valence-corrected chi connectivity index (χ3v) is 5.88. The lowest BCUT2D eigenvalue weighted by Crippen LogP contribution is -2.31. The predicted molar refractivity (Wildman–Crippen MR) is 107 cm³/mol. The molecule has 0 saturated heterocycles. The summed E-state index contributed by atoms with van der Waals surface area (Å²) in [6, 6.07) is 10.3. The van der Waals surface area contributed by atoms with Crippen LogP contribution in [-0.4, -0.2) is 15.9 Å². The fourth-order valence-corrected chi connectivity index (χ4v) is 4.37. The normalized spacial score (nSPS) is 15.7. The van der Waals surface area contributed by atoms with Gasteiger partial charge in [0.05, 0.1) is 5.56 Å². The van der Waals surface area contributed by atoms with Gasteiger partial charge in [-0.15, -0.1) is 0 Å². The number of nitrogens with zero attached hydrogens (tertiary/aromatic N) is 1. The van der Waals surface area contributed by atoms with E-state index in [4.69, 9.17) is 11.6 Å². The van der Waals surface area contributed by atoms with Crippen LogP contribution in [0.25, 0.3) is 0 Å². The van der Waals surface area contributed by atoms with E-state index in [1.807, 2.05) is 18.2 Å². The number of benzene rings is 2. The Kier molecular flexibility index (Phi) is 5.38. The minimum atomic E-state index is -0.923. The van der Waals surface area contributed by atoms with Gasteiger partial charge in [0.25, 0.3) is 5.56 Å². The topological polar surface area (TPSA) is 74.8 Å². The van der Waals surface area contributed by atoms with Gasteiger partial charge in [-0.2, -0.15) is 0 Å². The zero-order chi connectivity index (χ0) is 20.5. The molecule has 0 radical (unpaired) electrons. The first-order valence-electron chi connectivity index (χ1n) is 8.67. The van der Waals surface area contributed by atoms with Gasteiger partial charge in [0.15, 0.2) is 5.16 Å². The zero-order valence-electron chi connectivity index (χ0n) is 14.8. The van der Waals surface area contributed by atoms with E-state index in [0.29, 0.717) is 10.8 Å². The standard InChI is InChI=1S/C20H14ClF2N3O2S/c21-14-4-2-1-3-10(14)9-29-20-25-18-17(19(28)26-20)13(8-16(27)24-18)12-7-11(22)5-6-15(12)23/h1-7,13H,8-9H2,(H2,24,25,26,27,28). The Morgan fingerprint density at radius 2 is 1.97 bits per heavy atom. The number of hydrogen-bond donors (Lipinski definition) is 2. The molecule has 2 N–H and O–H groups in total. The van der Waals surface area contributed by atoms with E-state index >= 15 is 0 Å². The van der Waals surface area contributed by atoms with E-state index in [-0.39, 0.29) is 28.5 Å². The Hall–Kier alpha value is -2.71. The minimum absolute atomic E-state index is 0.0510. The third-order valence-electron chi connectivity index (χ3n) is 4.59. The van der Waals surface area contributed by atoms with Crippen LogP contribution in [0.5, 0.6) is 0 Å². The van der Waals surface area contributed by atoms with E-state index in [9.17, 15) is 18.4 Å². The molecule has 1 atom stereocenters. The zero-order valence-corrected chi connectivity index (χ0v) is 16.4. The van der Waals surface area contributed by atoms with Crippen LogP contribution < -0.4 is 10.9 Å². The molecule has 1 amide bonds. The van der Waals surface area contributed by atoms with Crippen LogP contribution in [0.4, 0.5) is 14.6 Å². The quantitative estimate of drug-likeness (QED) is 0.470. The largest absolute Gasteiger partial charge is 0.310 e. The molecule has 9 heteroatoms. The van der Waals surface area contributed by atoms with E-state index in [0.717, 1.165) is 23.8 Å². The predicted octanol–water partition coefficient (Wildman–Crippen LogP) is 4.47. The molecule has 0 bridgehead atoms. The van der Waals surface area contributed by atoms with Gasteiger partial charge in [0.2, 0.25) is 5.91 Å². The van der Waals surface area contributed by atoms with Gasteiger partial charge in [-0.05, 0) is 35.4 Å². The fourth-order valence-electron chi connectivity index (χ4n) is 3.23. The van der Waals surface area contributed by atoms with Crippen molar-refractivity contribution in [2.45, 2.75) is 23.2 Å². The Morgan fingerprint density at radius 1 is 1.17 bits per heavy atom. The molecular weight excluding hydrogens is 420 g/mol. The molecule has 1 aliphatic rings. The van der Waals surface area contributed by atoms with Crippen LogP contribution in [0, 0.1) is 11.6 Å². The molecule has 1 unspecified atom stereocenters. The Balaban J connectivity index is 1.70. The lowest BCUT2D eigenvalue weighted by atomic mass is 9.86. The summed E-state index contributed by atoms with van der Waals surface area (Å²) in [5.41, 5.74) is 0.412. The molecule has 5 nitrogen and oxygen atoms in total. The lowest BCUT2D eigenvalue weighted by molar-refractivity contribution is -0.116. The molecule has 0 aliphatic carbocycles. The second kappa shape index (κ2) is 7.96. The maximum Gasteiger partial charge on any atom is 0.257 e. The number of carbonyl (C=O) groups is 1. The van der Waals surface area contributed by atoms with Gasteiger partial charge in [0, 0.05) is 23.1 Å². The average molecular weight is 434 g/mol. The number of aromatic amines is 1. The highest BCUT2D eigenvalue weighted by molar-refractivity contribution is 7.98. The van der Waals surface area contributed by atoms with Crippen molar-refractivity contribution in [1.82, 2.24) is 9.97 Å². The number of carbonyl (C=O) groups excluding carboxylic acids is 1. The summed E-state index contributed by atoms with van der Waals surface area (Å²) >= 11 is 7.38. The van der Waals surface area contributed by atoms with Crippen LogP contribution >= 0.6 is 23.4 Å². The first kappa shape index (κ1) is 19.6. The van der Waals surface area contributed by atoms with Crippen LogP contribution in [0.1, 0.15) is 29.0 Å². The molecular formula is C20H14ClF2N3O2S. The molecule has 0 fully saturated rings. The maximum atomic E-state index is 14.3. The Morgan fingerprint density at radius 3 is 2.76 bits per heavy atom. The monoisotopic (exact) mass is 433 g/mol. The van der Waals surface area contributed by atoms with Crippen molar-refractivity contribution in [2.24, 2.45) is 0 Å². The number of fused-ring (bicyclic) bond motifs is 1. The number of H-pyrrole nitrogens is 1. The number of nitrogens with one attached hydrogen (secondary N) is 2. The molecule has 0 saturated carbocycles. The van der Waals surface area contributed by atoms with Crippen molar-refractivity contribution in [3.05, 3.63) is 86.2 Å². The SMILES string of the molecule is O=C1CC(c2cc(F)ccc2F)c2c(nc(SCc3ccccc3Cl)[nH]c2=O)N1. The summed E-state index contributed by atoms with van der Waals surface area (Å²) in [7, 11) is 0. The summed E-state index contributed by atoms with van der Waals surface area (Å²) in [5, 5.41) is 3.44. The number of amides is 1. The van der Waals surface area contributed by atoms with Crippen molar-refractivity contribution >= 4 is 35.1 Å². The van der Waals surface area contributed by atoms with Gasteiger partial charge >= 0.3 is 0 Å². The second-order valence-corrected chi connectivity index (χ2v) is 7.86. The summed E-state index contributed by atoms with van der Waals surface area (Å²) in [5.74, 6) is -2.17.